The van der Waals surface area contributed by atoms with E-state index in [1.165, 1.54) is 157 Å². The summed E-state index contributed by atoms with van der Waals surface area (Å²) >= 11 is 0. The Kier molecular flexibility index (Phi) is 9.91. The lowest BCUT2D eigenvalue weighted by Crippen LogP contribution is -2.72. The Morgan fingerprint density at radius 2 is 0.566 bits per heavy atom. The summed E-state index contributed by atoms with van der Waals surface area (Å²) in [4.78, 5) is 0. The average molecular weight is 1080 g/mol. The Bertz CT molecular complexity index is 5000. The van der Waals surface area contributed by atoms with Crippen molar-refractivity contribution in [2.24, 2.45) is 0 Å². The van der Waals surface area contributed by atoms with Gasteiger partial charge in [0.15, 0.2) is 16.1 Å². The second-order valence-electron chi connectivity index (χ2n) is 22.8. The molecule has 4 heterocycles. The molecule has 14 aromatic carbocycles. The lowest BCUT2D eigenvalue weighted by Gasteiger charge is -2.31. The lowest BCUT2D eigenvalue weighted by atomic mass is 9.83. The van der Waals surface area contributed by atoms with Crippen LogP contribution < -0.4 is 41.5 Å². The van der Waals surface area contributed by atoms with Crippen molar-refractivity contribution in [2.75, 3.05) is 0 Å². The number of aromatic nitrogens is 1. The number of para-hydroxylation sites is 2. The van der Waals surface area contributed by atoms with Gasteiger partial charge in [0.2, 0.25) is 0 Å². The summed E-state index contributed by atoms with van der Waals surface area (Å²) in [6.45, 7) is 0. The average Bonchev–Trinajstić information content (AvgIpc) is 3.26. The fourth-order valence-electron chi connectivity index (χ4n) is 16.0. The molecule has 2 aliphatic rings. The molecule has 1 nitrogen and oxygen atoms in total. The Labute approximate surface area is 483 Å². The molecule has 3 heteroatoms. The number of rotatable bonds is 7. The molecule has 2 aliphatic heterocycles. The Morgan fingerprint density at radius 3 is 1.06 bits per heavy atom. The topological polar surface area (TPSA) is 4.41 Å². The van der Waals surface area contributed by atoms with Crippen molar-refractivity contribution in [1.82, 2.24) is 4.40 Å². The van der Waals surface area contributed by atoms with E-state index in [0.717, 1.165) is 0 Å². The first kappa shape index (κ1) is 46.6. The zero-order valence-corrected chi connectivity index (χ0v) is 47.4. The zero-order valence-electron chi connectivity index (χ0n) is 45.4. The van der Waals surface area contributed by atoms with Crippen LogP contribution in [0.4, 0.5) is 0 Å². The molecule has 2 aromatic heterocycles. The molecule has 0 amide bonds. The molecule has 0 saturated carbocycles. The van der Waals surface area contributed by atoms with Crippen molar-refractivity contribution in [3.05, 3.63) is 309 Å². The molecular weight excluding hydrogens is 1030 g/mol. The van der Waals surface area contributed by atoms with E-state index < -0.39 is 16.1 Å². The van der Waals surface area contributed by atoms with Crippen LogP contribution >= 0.6 is 0 Å². The van der Waals surface area contributed by atoms with Crippen molar-refractivity contribution < 1.29 is 0 Å². The molecule has 0 radical (unpaired) electrons. The normalized spacial score (nSPS) is 13.7. The number of hydrogen-bond donors (Lipinski definition) is 0. The molecule has 0 unspecified atom stereocenters. The summed E-state index contributed by atoms with van der Waals surface area (Å²) in [6, 6.07) is 119. The van der Waals surface area contributed by atoms with E-state index in [0.29, 0.717) is 0 Å². The Morgan fingerprint density at radius 1 is 0.205 bits per heavy atom. The van der Waals surface area contributed by atoms with E-state index in [9.17, 15) is 0 Å². The SMILES string of the molecule is c1ccc([Si]2(c3ccccc3)c3ccccc3-c3c(-c4cccc5c(-c6ccc7c8ccccc8n8c9ccccc9c6c78)c6cccc(-c7cccc8c7-c7ccccc7[Si]8(c7ccccc7)c7ccccc7)c6cc45)cccc32)cc1. The van der Waals surface area contributed by atoms with Crippen LogP contribution in [-0.2, 0) is 0 Å². The van der Waals surface area contributed by atoms with Gasteiger partial charge in [-0.25, -0.2) is 0 Å². The summed E-state index contributed by atoms with van der Waals surface area (Å²) < 4.78 is 2.53. The van der Waals surface area contributed by atoms with Crippen molar-refractivity contribution >= 4 is 117 Å². The third-order valence-corrected chi connectivity index (χ3v) is 28.8. The first-order valence-corrected chi connectivity index (χ1v) is 33.1. The minimum atomic E-state index is -2.80. The van der Waals surface area contributed by atoms with E-state index >= 15 is 0 Å². The molecule has 0 saturated heterocycles. The molecule has 0 aliphatic carbocycles. The molecule has 83 heavy (non-hydrogen) atoms. The maximum absolute atomic E-state index is 2.80. The molecule has 0 bridgehead atoms. The lowest BCUT2D eigenvalue weighted by molar-refractivity contribution is 1.37. The number of nitrogens with zero attached hydrogens (tertiary/aromatic N) is 1. The van der Waals surface area contributed by atoms with Gasteiger partial charge in [-0.05, 0) is 137 Å². The molecule has 0 atom stereocenters. The number of hydrogen-bond acceptors (Lipinski definition) is 0. The van der Waals surface area contributed by atoms with E-state index in [-0.39, 0.29) is 0 Å². The van der Waals surface area contributed by atoms with Gasteiger partial charge in [-0.2, -0.15) is 0 Å². The fourth-order valence-corrected chi connectivity index (χ4v) is 26.4. The number of fused-ring (bicyclic) bond motifs is 14. The highest BCUT2D eigenvalue weighted by Crippen LogP contribution is 2.51. The fraction of sp³-hybridized carbons (Fsp3) is 0. The molecular formula is C80H51NSi2. The van der Waals surface area contributed by atoms with Crippen LogP contribution in [0.2, 0.25) is 0 Å². The summed E-state index contributed by atoms with van der Waals surface area (Å²) in [7, 11) is -5.60. The Hall–Kier alpha value is -10.2. The first-order chi connectivity index (χ1) is 41.2. The molecule has 384 valence electrons. The van der Waals surface area contributed by atoms with E-state index in [1.807, 2.05) is 0 Å². The summed E-state index contributed by atoms with van der Waals surface area (Å²) in [6.07, 6.45) is 0. The Balaban J connectivity index is 0.985. The molecule has 0 fully saturated rings. The van der Waals surface area contributed by atoms with E-state index in [2.05, 4.69) is 314 Å². The van der Waals surface area contributed by atoms with Gasteiger partial charge in [0, 0.05) is 21.5 Å². The minimum Gasteiger partial charge on any atom is -0.308 e. The highest BCUT2D eigenvalue weighted by Gasteiger charge is 2.51. The van der Waals surface area contributed by atoms with Gasteiger partial charge < -0.3 is 4.40 Å². The maximum Gasteiger partial charge on any atom is 0.180 e. The van der Waals surface area contributed by atoms with Crippen LogP contribution in [0.3, 0.4) is 0 Å². The van der Waals surface area contributed by atoms with E-state index in [4.69, 9.17) is 0 Å². The minimum absolute atomic E-state index is 1.23. The van der Waals surface area contributed by atoms with Crippen LogP contribution in [0.5, 0.6) is 0 Å². The standard InChI is InChI=1S/C80H51NSi2/c1-5-25-52(26-6-1)82(53-27-7-2-8-28-53)72-45-19-15-35-65(72)77-59(41-23-47-74(77)82)56-37-21-39-61-68(56)51-69-57(60-42-24-48-75-78(60)66-36-16-20-46-73(66)83(75,54-29-9-3-10-30-54)55-31-11-4-12-32-55)38-22-40-62(69)76(61)67-50-49-63-58-33-13-17-43-70(58)81-71-44-18-14-34-64(71)79(67)80(63)81/h1-51H. The van der Waals surface area contributed by atoms with Crippen molar-refractivity contribution in [1.29, 1.82) is 0 Å². The van der Waals surface area contributed by atoms with Gasteiger partial charge in [-0.3, -0.25) is 0 Å². The third-order valence-electron chi connectivity index (χ3n) is 19.1. The monoisotopic (exact) mass is 1080 g/mol. The third kappa shape index (κ3) is 6.14. The smallest absolute Gasteiger partial charge is 0.180 e. The maximum atomic E-state index is 2.58. The predicted octanol–water partition coefficient (Wildman–Crippen LogP) is 14.9. The van der Waals surface area contributed by atoms with Gasteiger partial charge in [-0.1, -0.05) is 291 Å². The molecule has 0 spiro atoms. The van der Waals surface area contributed by atoms with Crippen molar-refractivity contribution in [2.45, 2.75) is 0 Å². The van der Waals surface area contributed by atoms with Gasteiger partial charge in [-0.15, -0.1) is 0 Å². The largest absolute Gasteiger partial charge is 0.308 e. The van der Waals surface area contributed by atoms with Crippen molar-refractivity contribution in [3.63, 3.8) is 0 Å². The highest BCUT2D eigenvalue weighted by molar-refractivity contribution is 7.23. The van der Waals surface area contributed by atoms with Crippen LogP contribution in [0.25, 0.3) is 115 Å². The quantitative estimate of drug-likeness (QED) is 0.111. The van der Waals surface area contributed by atoms with Gasteiger partial charge in [0.05, 0.1) is 16.6 Å². The van der Waals surface area contributed by atoms with Gasteiger partial charge in [0.1, 0.15) is 0 Å². The number of benzene rings is 14. The predicted molar refractivity (Wildman–Crippen MR) is 358 cm³/mol. The molecule has 0 N–H and O–H groups in total. The zero-order chi connectivity index (χ0) is 54.4. The first-order valence-electron chi connectivity index (χ1n) is 29.1. The van der Waals surface area contributed by atoms with Crippen LogP contribution in [0, 0.1) is 0 Å². The highest BCUT2D eigenvalue weighted by atomic mass is 28.3. The summed E-state index contributed by atoms with van der Waals surface area (Å²) in [5.41, 5.74) is 16.7. The van der Waals surface area contributed by atoms with Crippen molar-refractivity contribution in [3.8, 4) is 55.6 Å². The van der Waals surface area contributed by atoms with Gasteiger partial charge in [0.25, 0.3) is 0 Å². The van der Waals surface area contributed by atoms with Crippen LogP contribution in [0.1, 0.15) is 0 Å². The molecule has 16 aromatic rings. The van der Waals surface area contributed by atoms with Gasteiger partial charge >= 0.3 is 0 Å². The van der Waals surface area contributed by atoms with Crippen LogP contribution in [0.15, 0.2) is 309 Å². The second-order valence-corrected chi connectivity index (χ2v) is 30.3. The second kappa shape index (κ2) is 17.7. The van der Waals surface area contributed by atoms with Crippen LogP contribution in [-0.4, -0.2) is 20.5 Å². The van der Waals surface area contributed by atoms with E-state index in [1.54, 1.807) is 0 Å². The summed E-state index contributed by atoms with van der Waals surface area (Å²) in [5, 5.41) is 21.5. The summed E-state index contributed by atoms with van der Waals surface area (Å²) in [5.74, 6) is 0. The molecule has 18 rings (SSSR count).